The van der Waals surface area contributed by atoms with Crippen LogP contribution in [0.3, 0.4) is 0 Å². The number of carbonyl (C=O) groups excluding carboxylic acids is 1. The number of aryl methyl sites for hydroxylation is 1. The fraction of sp³-hybridized carbons (Fsp3) is 0.200. The van der Waals surface area contributed by atoms with E-state index in [9.17, 15) is 4.79 Å². The van der Waals surface area contributed by atoms with E-state index in [1.165, 1.54) is 0 Å². The number of amides is 1. The number of nitrogens with zero attached hydrogens (tertiary/aromatic N) is 2. The van der Waals surface area contributed by atoms with Gasteiger partial charge in [-0.1, -0.05) is 34.8 Å². The van der Waals surface area contributed by atoms with Gasteiger partial charge in [0.2, 0.25) is 0 Å². The molecule has 1 amide bonds. The predicted molar refractivity (Wildman–Crippen MR) is 115 cm³/mol. The van der Waals surface area contributed by atoms with Gasteiger partial charge in [-0.25, -0.2) is 4.98 Å². The molecule has 2 heterocycles. The van der Waals surface area contributed by atoms with E-state index in [-0.39, 0.29) is 12.5 Å². The summed E-state index contributed by atoms with van der Waals surface area (Å²) in [5.41, 5.74) is 3.01. The van der Waals surface area contributed by atoms with E-state index in [1.807, 2.05) is 30.5 Å². The summed E-state index contributed by atoms with van der Waals surface area (Å²) in [4.78, 5) is 19.1. The summed E-state index contributed by atoms with van der Waals surface area (Å²) in [5, 5.41) is 4.15. The molecule has 0 saturated carbocycles. The minimum atomic E-state index is -0.614. The number of hydrogen-bond acceptors (Lipinski definition) is 4. The van der Waals surface area contributed by atoms with Crippen LogP contribution < -0.4 is 9.64 Å². The van der Waals surface area contributed by atoms with Crippen molar-refractivity contribution in [3.8, 4) is 17.0 Å². The average Bonchev–Trinajstić information content (AvgIpc) is 3.11. The van der Waals surface area contributed by atoms with Gasteiger partial charge < -0.3 is 9.64 Å². The van der Waals surface area contributed by atoms with Crippen LogP contribution in [0.4, 0.5) is 5.69 Å². The van der Waals surface area contributed by atoms with Gasteiger partial charge in [0.1, 0.15) is 5.75 Å². The van der Waals surface area contributed by atoms with Crippen molar-refractivity contribution in [3.63, 3.8) is 0 Å². The van der Waals surface area contributed by atoms with Gasteiger partial charge in [-0.2, -0.15) is 0 Å². The quantitative estimate of drug-likeness (QED) is 0.431. The lowest BCUT2D eigenvalue weighted by molar-refractivity contribution is -0.125. The second kappa shape index (κ2) is 7.56. The van der Waals surface area contributed by atoms with Crippen LogP contribution in [0, 0.1) is 6.92 Å². The summed E-state index contributed by atoms with van der Waals surface area (Å²) < 4.78 is 5.79. The topological polar surface area (TPSA) is 42.4 Å². The van der Waals surface area contributed by atoms with Crippen molar-refractivity contribution in [3.05, 3.63) is 61.4 Å². The minimum absolute atomic E-state index is 0.175. The number of carbonyl (C=O) groups is 1. The van der Waals surface area contributed by atoms with E-state index < -0.39 is 6.10 Å². The molecule has 1 aliphatic heterocycles. The van der Waals surface area contributed by atoms with Crippen LogP contribution in [-0.4, -0.2) is 17.0 Å². The Bertz CT molecular complexity index is 1080. The van der Waals surface area contributed by atoms with Crippen molar-refractivity contribution in [2.24, 2.45) is 0 Å². The van der Waals surface area contributed by atoms with E-state index >= 15 is 0 Å². The highest BCUT2D eigenvalue weighted by Crippen LogP contribution is 2.40. The Kier molecular flexibility index (Phi) is 5.27. The first-order chi connectivity index (χ1) is 13.3. The van der Waals surface area contributed by atoms with Crippen LogP contribution in [0.1, 0.15) is 17.5 Å². The number of halogens is 3. The molecule has 0 fully saturated rings. The van der Waals surface area contributed by atoms with E-state index in [1.54, 1.807) is 35.3 Å². The monoisotopic (exact) mass is 452 g/mol. The van der Waals surface area contributed by atoms with E-state index in [0.717, 1.165) is 16.3 Å². The molecule has 0 aliphatic carbocycles. The number of aromatic nitrogens is 1. The second-order valence-electron chi connectivity index (χ2n) is 6.44. The summed E-state index contributed by atoms with van der Waals surface area (Å²) in [7, 11) is 0. The second-order valence-corrected chi connectivity index (χ2v) is 8.70. The molecule has 1 unspecified atom stereocenters. The third kappa shape index (κ3) is 3.48. The first kappa shape index (κ1) is 19.5. The molecule has 0 spiro atoms. The molecule has 0 bridgehead atoms. The smallest absolute Gasteiger partial charge is 0.268 e. The fourth-order valence-corrected chi connectivity index (χ4v) is 4.39. The first-order valence-electron chi connectivity index (χ1n) is 8.52. The average molecular weight is 454 g/mol. The van der Waals surface area contributed by atoms with Crippen LogP contribution in [0.2, 0.25) is 15.1 Å². The van der Waals surface area contributed by atoms with E-state index in [2.05, 4.69) is 4.98 Å². The highest BCUT2D eigenvalue weighted by atomic mass is 35.5. The summed E-state index contributed by atoms with van der Waals surface area (Å²) >= 11 is 20.4. The van der Waals surface area contributed by atoms with Gasteiger partial charge in [0.15, 0.2) is 6.10 Å². The molecule has 144 valence electrons. The Hall–Kier alpha value is -1.79. The summed E-state index contributed by atoms with van der Waals surface area (Å²) in [6.45, 7) is 3.87. The molecule has 28 heavy (non-hydrogen) atoms. The maximum Gasteiger partial charge on any atom is 0.268 e. The van der Waals surface area contributed by atoms with Gasteiger partial charge in [-0.3, -0.25) is 4.79 Å². The summed E-state index contributed by atoms with van der Waals surface area (Å²) in [6, 6.07) is 9.01. The lowest BCUT2D eigenvalue weighted by Crippen LogP contribution is -2.44. The minimum Gasteiger partial charge on any atom is -0.479 e. The van der Waals surface area contributed by atoms with Gasteiger partial charge in [-0.15, -0.1) is 11.3 Å². The molecule has 4 nitrogen and oxygen atoms in total. The van der Waals surface area contributed by atoms with Crippen LogP contribution in [0.15, 0.2) is 35.7 Å². The largest absolute Gasteiger partial charge is 0.479 e. The maximum absolute atomic E-state index is 12.9. The lowest BCUT2D eigenvalue weighted by Gasteiger charge is -2.33. The molecule has 8 heteroatoms. The molecular formula is C20H15Cl3N2O2S. The molecule has 0 saturated heterocycles. The Morgan fingerprint density at radius 2 is 1.93 bits per heavy atom. The highest BCUT2D eigenvalue weighted by molar-refractivity contribution is 7.09. The number of anilines is 1. The van der Waals surface area contributed by atoms with Gasteiger partial charge in [0.05, 0.1) is 33.0 Å². The molecule has 1 aliphatic rings. The van der Waals surface area contributed by atoms with Crippen molar-refractivity contribution >= 4 is 57.7 Å². The lowest BCUT2D eigenvalue weighted by atomic mass is 10.1. The normalized spacial score (nSPS) is 16.1. The fourth-order valence-electron chi connectivity index (χ4n) is 3.10. The standard InChI is InChI=1S/C20H15Cl3N2O2S/c1-10-20(26)25(8-13-14(21)4-5-15(22)19(13)23)17-7-12(3-6-18(17)27-10)16-9-28-11(2)24-16/h3-7,9-10H,8H2,1-2H3. The van der Waals surface area contributed by atoms with Crippen molar-refractivity contribution < 1.29 is 9.53 Å². The molecule has 4 rings (SSSR count). The molecule has 1 atom stereocenters. The Morgan fingerprint density at radius 3 is 2.64 bits per heavy atom. The zero-order valence-electron chi connectivity index (χ0n) is 15.0. The van der Waals surface area contributed by atoms with Gasteiger partial charge >= 0.3 is 0 Å². The highest BCUT2D eigenvalue weighted by Gasteiger charge is 2.33. The van der Waals surface area contributed by atoms with Crippen molar-refractivity contribution in [2.45, 2.75) is 26.5 Å². The van der Waals surface area contributed by atoms with E-state index in [4.69, 9.17) is 39.5 Å². The number of rotatable bonds is 3. The molecule has 2 aromatic carbocycles. The van der Waals surface area contributed by atoms with Crippen LogP contribution in [0.5, 0.6) is 5.75 Å². The van der Waals surface area contributed by atoms with Gasteiger partial charge in [-0.05, 0) is 44.2 Å². The SMILES string of the molecule is Cc1nc(-c2ccc3c(c2)N(Cc2c(Cl)ccc(Cl)c2Cl)C(=O)C(C)O3)cs1. The molecule has 0 N–H and O–H groups in total. The van der Waals surface area contributed by atoms with Gasteiger partial charge in [0, 0.05) is 21.5 Å². The summed E-state index contributed by atoms with van der Waals surface area (Å²) in [5.74, 6) is 0.447. The number of ether oxygens (including phenoxy) is 1. The van der Waals surface area contributed by atoms with E-state index in [0.29, 0.717) is 32.1 Å². The zero-order chi connectivity index (χ0) is 20.0. The third-order valence-corrected chi connectivity index (χ3v) is 6.51. The first-order valence-corrected chi connectivity index (χ1v) is 10.5. The Morgan fingerprint density at radius 1 is 1.18 bits per heavy atom. The third-order valence-electron chi connectivity index (χ3n) is 4.54. The van der Waals surface area contributed by atoms with Crippen molar-refractivity contribution in [1.82, 2.24) is 4.98 Å². The predicted octanol–water partition coefficient (Wildman–Crippen LogP) is 6.39. The summed E-state index contributed by atoms with van der Waals surface area (Å²) in [6.07, 6.45) is -0.614. The number of fused-ring (bicyclic) bond motifs is 1. The molecule has 1 aromatic heterocycles. The number of thiazole rings is 1. The maximum atomic E-state index is 12.9. The van der Waals surface area contributed by atoms with Crippen molar-refractivity contribution in [2.75, 3.05) is 4.90 Å². The number of benzene rings is 2. The Balaban J connectivity index is 1.80. The zero-order valence-corrected chi connectivity index (χ0v) is 18.1. The molecule has 0 radical (unpaired) electrons. The van der Waals surface area contributed by atoms with Crippen LogP contribution in [0.25, 0.3) is 11.3 Å². The molecule has 3 aromatic rings. The van der Waals surface area contributed by atoms with Crippen LogP contribution >= 0.6 is 46.1 Å². The molecular weight excluding hydrogens is 439 g/mol. The van der Waals surface area contributed by atoms with Crippen LogP contribution in [-0.2, 0) is 11.3 Å². The Labute approximate surface area is 181 Å². The van der Waals surface area contributed by atoms with Crippen molar-refractivity contribution in [1.29, 1.82) is 0 Å². The van der Waals surface area contributed by atoms with Gasteiger partial charge in [0.25, 0.3) is 5.91 Å². The number of hydrogen-bond donors (Lipinski definition) is 0.